The Morgan fingerprint density at radius 1 is 1.47 bits per heavy atom. The molecule has 0 aliphatic heterocycles. The molecule has 0 spiro atoms. The van der Waals surface area contributed by atoms with Gasteiger partial charge in [0.15, 0.2) is 0 Å². The van der Waals surface area contributed by atoms with Gasteiger partial charge >= 0.3 is 0 Å². The van der Waals surface area contributed by atoms with Crippen molar-refractivity contribution in [1.82, 2.24) is 0 Å². The van der Waals surface area contributed by atoms with Crippen molar-refractivity contribution in [2.24, 2.45) is 4.99 Å². The molecule has 1 aromatic carbocycles. The Balaban J connectivity index is 3.04. The van der Waals surface area contributed by atoms with Gasteiger partial charge in [0.05, 0.1) is 0 Å². The zero-order chi connectivity index (χ0) is 11.3. The van der Waals surface area contributed by atoms with Crippen LogP contribution in [0.3, 0.4) is 0 Å². The summed E-state index contributed by atoms with van der Waals surface area (Å²) in [5.41, 5.74) is 10.5. The van der Waals surface area contributed by atoms with E-state index in [9.17, 15) is 0 Å². The molecule has 3 heteroatoms. The first-order valence-corrected chi connectivity index (χ1v) is 6.39. The molecule has 0 aliphatic rings. The van der Waals surface area contributed by atoms with E-state index in [1.165, 1.54) is 11.1 Å². The maximum absolute atomic E-state index is 6.11. The van der Waals surface area contributed by atoms with Gasteiger partial charge in [-0.05, 0) is 36.5 Å². The summed E-state index contributed by atoms with van der Waals surface area (Å²) in [6.07, 6.45) is 4.98. The summed E-state index contributed by atoms with van der Waals surface area (Å²) in [4.78, 5) is 4.04. The van der Waals surface area contributed by atoms with E-state index in [1.54, 1.807) is 7.05 Å². The van der Waals surface area contributed by atoms with Crippen molar-refractivity contribution in [3.8, 4) is 0 Å². The van der Waals surface area contributed by atoms with Crippen LogP contribution in [0.2, 0.25) is 0 Å². The molecule has 0 atom stereocenters. The van der Waals surface area contributed by atoms with Gasteiger partial charge in [0.2, 0.25) is 0 Å². The van der Waals surface area contributed by atoms with E-state index < -0.39 is 0 Å². The fraction of sp³-hybridized carbons (Fsp3) is 0.417. The molecule has 15 heavy (non-hydrogen) atoms. The number of anilines is 1. The molecule has 1 aromatic rings. The van der Waals surface area contributed by atoms with Crippen LogP contribution in [-0.4, -0.2) is 25.3 Å². The van der Waals surface area contributed by atoms with Crippen LogP contribution in [0.25, 0.3) is 0 Å². The maximum Gasteiger partial charge on any atom is 0.0438 e. The van der Waals surface area contributed by atoms with Crippen LogP contribution in [-0.2, 0) is 6.42 Å². The molecule has 0 unspecified atom stereocenters. The average molecular weight is 222 g/mol. The number of hydrogen-bond acceptors (Lipinski definition) is 3. The molecule has 0 bridgehead atoms. The smallest absolute Gasteiger partial charge is 0.0438 e. The van der Waals surface area contributed by atoms with Crippen molar-refractivity contribution >= 4 is 23.7 Å². The van der Waals surface area contributed by atoms with E-state index in [2.05, 4.69) is 30.3 Å². The second-order valence-corrected chi connectivity index (χ2v) is 4.48. The summed E-state index contributed by atoms with van der Waals surface area (Å²) in [5, 5.41) is 0. The fourth-order valence-electron chi connectivity index (χ4n) is 1.52. The largest absolute Gasteiger partial charge is 0.398 e. The van der Waals surface area contributed by atoms with Crippen LogP contribution in [0.5, 0.6) is 0 Å². The Hall–Kier alpha value is -0.960. The minimum atomic E-state index is 0.884. The third-order valence-electron chi connectivity index (χ3n) is 2.43. The minimum absolute atomic E-state index is 0.884. The molecule has 0 fully saturated rings. The lowest BCUT2D eigenvalue weighted by molar-refractivity contribution is 1.16. The van der Waals surface area contributed by atoms with Gasteiger partial charge in [-0.25, -0.2) is 0 Å². The SMILES string of the molecule is CN=Cc1c(C)ccc(CCSC)c1N. The Kier molecular flexibility index (Phi) is 4.69. The van der Waals surface area contributed by atoms with Crippen LogP contribution in [0.4, 0.5) is 5.69 Å². The summed E-state index contributed by atoms with van der Waals surface area (Å²) >= 11 is 1.84. The highest BCUT2D eigenvalue weighted by atomic mass is 32.2. The molecule has 2 nitrogen and oxygen atoms in total. The summed E-state index contributed by atoms with van der Waals surface area (Å²) in [6, 6.07) is 4.23. The standard InChI is InChI=1S/C12H18N2S/c1-9-4-5-10(6-7-15-3)12(13)11(9)8-14-2/h4-5,8H,6-7,13H2,1-3H3. The van der Waals surface area contributed by atoms with E-state index >= 15 is 0 Å². The summed E-state index contributed by atoms with van der Waals surface area (Å²) < 4.78 is 0. The topological polar surface area (TPSA) is 38.4 Å². The predicted molar refractivity (Wildman–Crippen MR) is 71.2 cm³/mol. The van der Waals surface area contributed by atoms with Crippen LogP contribution in [0, 0.1) is 6.92 Å². The number of nitrogen functional groups attached to an aromatic ring is 1. The van der Waals surface area contributed by atoms with Crippen molar-refractivity contribution in [2.45, 2.75) is 13.3 Å². The first kappa shape index (κ1) is 12.1. The van der Waals surface area contributed by atoms with Crippen molar-refractivity contribution in [3.63, 3.8) is 0 Å². The highest BCUT2D eigenvalue weighted by molar-refractivity contribution is 7.98. The highest BCUT2D eigenvalue weighted by Gasteiger charge is 2.05. The second-order valence-electron chi connectivity index (χ2n) is 3.50. The average Bonchev–Trinajstić information content (AvgIpc) is 2.23. The molecular weight excluding hydrogens is 204 g/mol. The van der Waals surface area contributed by atoms with Gasteiger partial charge in [-0.3, -0.25) is 4.99 Å². The maximum atomic E-state index is 6.11. The van der Waals surface area contributed by atoms with Gasteiger partial charge < -0.3 is 5.73 Å². The number of aryl methyl sites for hydroxylation is 2. The summed E-state index contributed by atoms with van der Waals surface area (Å²) in [6.45, 7) is 2.06. The summed E-state index contributed by atoms with van der Waals surface area (Å²) in [7, 11) is 1.77. The van der Waals surface area contributed by atoms with Crippen LogP contribution in [0.15, 0.2) is 17.1 Å². The van der Waals surface area contributed by atoms with Crippen molar-refractivity contribution in [1.29, 1.82) is 0 Å². The fourth-order valence-corrected chi connectivity index (χ4v) is 1.95. The number of rotatable bonds is 4. The van der Waals surface area contributed by atoms with Crippen molar-refractivity contribution in [3.05, 3.63) is 28.8 Å². The van der Waals surface area contributed by atoms with Gasteiger partial charge in [0.25, 0.3) is 0 Å². The Bertz CT molecular complexity index is 359. The van der Waals surface area contributed by atoms with E-state index in [-0.39, 0.29) is 0 Å². The Morgan fingerprint density at radius 3 is 2.80 bits per heavy atom. The number of nitrogens with zero attached hydrogens (tertiary/aromatic N) is 1. The zero-order valence-electron chi connectivity index (χ0n) is 9.58. The lowest BCUT2D eigenvalue weighted by Crippen LogP contribution is -2.02. The molecule has 0 radical (unpaired) electrons. The first-order valence-electron chi connectivity index (χ1n) is 4.99. The number of nitrogens with two attached hydrogens (primary N) is 1. The lowest BCUT2D eigenvalue weighted by atomic mass is 10.0. The van der Waals surface area contributed by atoms with Crippen molar-refractivity contribution < 1.29 is 0 Å². The highest BCUT2D eigenvalue weighted by Crippen LogP contribution is 2.21. The van der Waals surface area contributed by atoms with E-state index in [0.717, 1.165) is 23.4 Å². The molecule has 0 saturated carbocycles. The van der Waals surface area contributed by atoms with Gasteiger partial charge in [-0.1, -0.05) is 12.1 Å². The molecule has 82 valence electrons. The normalized spacial score (nSPS) is 11.1. The molecular formula is C12H18N2S. The molecule has 0 heterocycles. The number of aliphatic imine (C=N–C) groups is 1. The molecule has 2 N–H and O–H groups in total. The van der Waals surface area contributed by atoms with Gasteiger partial charge in [0, 0.05) is 24.5 Å². The van der Waals surface area contributed by atoms with E-state index in [1.807, 2.05) is 18.0 Å². The first-order chi connectivity index (χ1) is 7.20. The van der Waals surface area contributed by atoms with E-state index in [4.69, 9.17) is 5.73 Å². The minimum Gasteiger partial charge on any atom is -0.398 e. The zero-order valence-corrected chi connectivity index (χ0v) is 10.4. The van der Waals surface area contributed by atoms with Crippen LogP contribution >= 0.6 is 11.8 Å². The van der Waals surface area contributed by atoms with Crippen LogP contribution in [0.1, 0.15) is 16.7 Å². The number of hydrogen-bond donors (Lipinski definition) is 1. The third-order valence-corrected chi connectivity index (χ3v) is 3.04. The van der Waals surface area contributed by atoms with E-state index in [0.29, 0.717) is 0 Å². The molecule has 0 aliphatic carbocycles. The molecule has 0 saturated heterocycles. The Morgan fingerprint density at radius 2 is 2.20 bits per heavy atom. The summed E-state index contributed by atoms with van der Waals surface area (Å²) in [5.74, 6) is 1.11. The third kappa shape index (κ3) is 2.99. The van der Waals surface area contributed by atoms with Crippen LogP contribution < -0.4 is 5.73 Å². The monoisotopic (exact) mass is 222 g/mol. The van der Waals surface area contributed by atoms with Gasteiger partial charge in [-0.15, -0.1) is 0 Å². The van der Waals surface area contributed by atoms with Gasteiger partial charge in [-0.2, -0.15) is 11.8 Å². The molecule has 0 aromatic heterocycles. The van der Waals surface area contributed by atoms with Gasteiger partial charge in [0.1, 0.15) is 0 Å². The second kappa shape index (κ2) is 5.81. The number of benzene rings is 1. The molecule has 1 rings (SSSR count). The quantitative estimate of drug-likeness (QED) is 0.628. The lowest BCUT2D eigenvalue weighted by Gasteiger charge is -2.10. The van der Waals surface area contributed by atoms with Crippen molar-refractivity contribution in [2.75, 3.05) is 24.8 Å². The molecule has 0 amide bonds. The Labute approximate surface area is 96.0 Å². The number of thioether (sulfide) groups is 1. The predicted octanol–water partition coefficient (Wildman–Crippen LogP) is 2.53.